The molecule has 1 aromatic carbocycles. The third kappa shape index (κ3) is 5.42. The normalized spacial score (nSPS) is 24.3. The van der Waals surface area contributed by atoms with Gasteiger partial charge in [-0.1, -0.05) is 36.3 Å². The van der Waals surface area contributed by atoms with Gasteiger partial charge in [0.05, 0.1) is 5.92 Å². The Morgan fingerprint density at radius 3 is 2.62 bits per heavy atom. The lowest BCUT2D eigenvalue weighted by Gasteiger charge is -2.39. The third-order valence-electron chi connectivity index (χ3n) is 5.19. The molecule has 0 radical (unpaired) electrons. The van der Waals surface area contributed by atoms with Crippen molar-refractivity contribution in [3.05, 3.63) is 59.4 Å². The zero-order valence-corrected chi connectivity index (χ0v) is 17.5. The molecule has 1 fully saturated rings. The average Bonchev–Trinajstić information content (AvgIpc) is 2.66. The number of carbonyl (C=O) groups is 1. The van der Waals surface area contributed by atoms with E-state index in [1.54, 1.807) is 6.20 Å². The van der Waals surface area contributed by atoms with Crippen molar-refractivity contribution in [1.82, 2.24) is 10.2 Å². The maximum Gasteiger partial charge on any atom is 0.310 e. The average molecular weight is 392 g/mol. The van der Waals surface area contributed by atoms with Gasteiger partial charge in [-0.15, -0.1) is 5.10 Å². The van der Waals surface area contributed by atoms with Gasteiger partial charge in [0, 0.05) is 12.1 Å². The number of aliphatic hydroxyl groups is 1. The highest BCUT2D eigenvalue weighted by Gasteiger charge is 2.43. The number of carbonyl (C=O) groups excluding carboxylic acids is 1. The molecule has 3 atom stereocenters. The van der Waals surface area contributed by atoms with Crippen LogP contribution < -0.4 is 0 Å². The van der Waals surface area contributed by atoms with E-state index in [9.17, 15) is 9.90 Å². The van der Waals surface area contributed by atoms with E-state index < -0.39 is 11.2 Å². The lowest BCUT2D eigenvalue weighted by Crippen LogP contribution is -2.41. The van der Waals surface area contributed by atoms with Crippen LogP contribution in [0.15, 0.2) is 42.6 Å². The number of rotatable bonds is 2. The largest absolute Gasteiger partial charge is 0.460 e. The summed E-state index contributed by atoms with van der Waals surface area (Å²) in [5, 5.41) is 19.1. The number of esters is 1. The van der Waals surface area contributed by atoms with E-state index in [2.05, 4.69) is 22.0 Å². The van der Waals surface area contributed by atoms with Crippen molar-refractivity contribution < 1.29 is 14.6 Å². The van der Waals surface area contributed by atoms with Crippen LogP contribution >= 0.6 is 0 Å². The number of benzene rings is 1. The highest BCUT2D eigenvalue weighted by atomic mass is 16.6. The van der Waals surface area contributed by atoms with Crippen molar-refractivity contribution in [1.29, 1.82) is 0 Å². The predicted octanol–water partition coefficient (Wildman–Crippen LogP) is 3.79. The predicted molar refractivity (Wildman–Crippen MR) is 111 cm³/mol. The summed E-state index contributed by atoms with van der Waals surface area (Å²) in [6.07, 6.45) is 2.91. The molecule has 0 bridgehead atoms. The molecule has 1 aromatic heterocycles. The van der Waals surface area contributed by atoms with Crippen LogP contribution in [-0.2, 0) is 9.53 Å². The fourth-order valence-corrected chi connectivity index (χ4v) is 3.72. The summed E-state index contributed by atoms with van der Waals surface area (Å²) in [4.78, 5) is 12.9. The van der Waals surface area contributed by atoms with E-state index in [1.807, 2.05) is 64.1 Å². The van der Waals surface area contributed by atoms with E-state index in [4.69, 9.17) is 4.74 Å². The fourth-order valence-electron chi connectivity index (χ4n) is 3.72. The van der Waals surface area contributed by atoms with Gasteiger partial charge in [-0.3, -0.25) is 4.79 Å². The van der Waals surface area contributed by atoms with Gasteiger partial charge in [-0.05, 0) is 70.1 Å². The van der Waals surface area contributed by atoms with Crippen molar-refractivity contribution in [2.24, 2.45) is 5.92 Å². The van der Waals surface area contributed by atoms with Crippen LogP contribution in [0.5, 0.6) is 0 Å². The molecular formula is C24H28N2O3. The van der Waals surface area contributed by atoms with Gasteiger partial charge in [0.1, 0.15) is 16.9 Å². The molecule has 2 aromatic rings. The molecule has 1 N–H and O–H groups in total. The van der Waals surface area contributed by atoms with E-state index >= 15 is 0 Å². The van der Waals surface area contributed by atoms with Crippen molar-refractivity contribution >= 4 is 5.97 Å². The quantitative estimate of drug-likeness (QED) is 0.622. The van der Waals surface area contributed by atoms with Crippen molar-refractivity contribution in [3.8, 4) is 11.8 Å². The Morgan fingerprint density at radius 1 is 1.24 bits per heavy atom. The molecule has 0 amide bonds. The first-order valence-electron chi connectivity index (χ1n) is 9.98. The molecule has 1 unspecified atom stereocenters. The molecular weight excluding hydrogens is 364 g/mol. The first kappa shape index (κ1) is 21.0. The molecule has 29 heavy (non-hydrogen) atoms. The van der Waals surface area contributed by atoms with Gasteiger partial charge in [0.25, 0.3) is 0 Å². The molecule has 5 heteroatoms. The highest BCUT2D eigenvalue weighted by molar-refractivity contribution is 5.74. The van der Waals surface area contributed by atoms with Crippen molar-refractivity contribution in [2.75, 3.05) is 0 Å². The minimum Gasteiger partial charge on any atom is -0.460 e. The fraction of sp³-hybridized carbons (Fsp3) is 0.458. The maximum absolute atomic E-state index is 12.9. The number of ether oxygens (including phenoxy) is 1. The lowest BCUT2D eigenvalue weighted by atomic mass is 9.69. The van der Waals surface area contributed by atoms with Crippen molar-refractivity contribution in [3.63, 3.8) is 0 Å². The second-order valence-corrected chi connectivity index (χ2v) is 8.74. The van der Waals surface area contributed by atoms with Crippen LogP contribution in [0.3, 0.4) is 0 Å². The summed E-state index contributed by atoms with van der Waals surface area (Å²) in [6.45, 7) is 7.53. The third-order valence-corrected chi connectivity index (χ3v) is 5.19. The van der Waals surface area contributed by atoms with Gasteiger partial charge >= 0.3 is 5.97 Å². The van der Waals surface area contributed by atoms with Crippen LogP contribution in [0.2, 0.25) is 0 Å². The molecule has 0 saturated heterocycles. The van der Waals surface area contributed by atoms with E-state index in [1.165, 1.54) is 0 Å². The first-order chi connectivity index (χ1) is 13.7. The summed E-state index contributed by atoms with van der Waals surface area (Å²) in [7, 11) is 0. The van der Waals surface area contributed by atoms with Crippen LogP contribution in [-0.4, -0.2) is 32.5 Å². The standard InChI is InChI=1S/C24H28N2O3/c1-17-12-15-25-26-21(17)11-14-24(28)13-10-19(22(27)29-23(2,3)4)20(16-24)18-8-6-5-7-9-18/h5-9,12,15,19-20,28H,10,13,16H2,1-4H3/t19-,20+,24?/m1/s1. The monoisotopic (exact) mass is 392 g/mol. The highest BCUT2D eigenvalue weighted by Crippen LogP contribution is 2.43. The molecule has 0 spiro atoms. The van der Waals surface area contributed by atoms with Crippen LogP contribution in [0, 0.1) is 24.7 Å². The Morgan fingerprint density at radius 2 is 1.97 bits per heavy atom. The Balaban J connectivity index is 1.89. The summed E-state index contributed by atoms with van der Waals surface area (Å²) < 4.78 is 5.67. The topological polar surface area (TPSA) is 72.3 Å². The zero-order chi connectivity index (χ0) is 21.1. The number of nitrogens with zero attached hydrogens (tertiary/aromatic N) is 2. The first-order valence-corrected chi connectivity index (χ1v) is 9.98. The Bertz CT molecular complexity index is 924. The molecule has 1 aliphatic carbocycles. The Hall–Kier alpha value is -2.71. The van der Waals surface area contributed by atoms with Gasteiger partial charge in [-0.2, -0.15) is 5.10 Å². The molecule has 152 valence electrons. The van der Waals surface area contributed by atoms with Gasteiger partial charge < -0.3 is 9.84 Å². The van der Waals surface area contributed by atoms with Crippen LogP contribution in [0.1, 0.15) is 62.8 Å². The molecule has 1 saturated carbocycles. The lowest BCUT2D eigenvalue weighted by molar-refractivity contribution is -0.163. The van der Waals surface area contributed by atoms with Crippen molar-refractivity contribution in [2.45, 2.75) is 64.1 Å². The molecule has 3 rings (SSSR count). The minimum atomic E-state index is -1.19. The second kappa shape index (κ2) is 8.34. The number of aromatic nitrogens is 2. The molecule has 1 aliphatic rings. The SMILES string of the molecule is Cc1ccnnc1C#CC1(O)CC[C@@H](C(=O)OC(C)(C)C)[C@H](c2ccccc2)C1. The van der Waals surface area contributed by atoms with Crippen LogP contribution in [0.4, 0.5) is 0 Å². The smallest absolute Gasteiger partial charge is 0.310 e. The number of hydrogen-bond donors (Lipinski definition) is 1. The van der Waals surface area contributed by atoms with Gasteiger partial charge in [0.15, 0.2) is 0 Å². The molecule has 0 aliphatic heterocycles. The van der Waals surface area contributed by atoms with E-state index in [0.29, 0.717) is 25.0 Å². The van der Waals surface area contributed by atoms with E-state index in [0.717, 1.165) is 11.1 Å². The minimum absolute atomic E-state index is 0.165. The zero-order valence-electron chi connectivity index (χ0n) is 17.5. The van der Waals surface area contributed by atoms with Gasteiger partial charge in [0.2, 0.25) is 0 Å². The summed E-state index contributed by atoms with van der Waals surface area (Å²) >= 11 is 0. The number of aryl methyl sites for hydroxylation is 1. The Kier molecular flexibility index (Phi) is 6.04. The molecule has 1 heterocycles. The number of hydrogen-bond acceptors (Lipinski definition) is 5. The van der Waals surface area contributed by atoms with Gasteiger partial charge in [-0.25, -0.2) is 0 Å². The second-order valence-electron chi connectivity index (χ2n) is 8.74. The van der Waals surface area contributed by atoms with Crippen LogP contribution in [0.25, 0.3) is 0 Å². The summed E-state index contributed by atoms with van der Waals surface area (Å²) in [5.74, 6) is 5.31. The maximum atomic E-state index is 12.9. The molecule has 5 nitrogen and oxygen atoms in total. The Labute approximate surface area is 172 Å². The summed E-state index contributed by atoms with van der Waals surface area (Å²) in [6, 6.07) is 11.7. The van der Waals surface area contributed by atoms with E-state index in [-0.39, 0.29) is 17.8 Å². The summed E-state index contributed by atoms with van der Waals surface area (Å²) in [5.41, 5.74) is 0.752.